The van der Waals surface area contributed by atoms with Crippen molar-refractivity contribution in [1.82, 2.24) is 4.31 Å². The molecular weight excluding hydrogens is 833 g/mol. The Labute approximate surface area is 369 Å². The fraction of sp³-hybridized carbons (Fsp3) is 0.447. The highest BCUT2D eigenvalue weighted by molar-refractivity contribution is 7.89. The molecule has 5 rings (SSSR count). The van der Waals surface area contributed by atoms with Gasteiger partial charge in [0.1, 0.15) is 41.7 Å². The summed E-state index contributed by atoms with van der Waals surface area (Å²) in [5, 5.41) is 12.4. The van der Waals surface area contributed by atoms with Crippen molar-refractivity contribution in [2.24, 2.45) is 0 Å². The predicted octanol–water partition coefficient (Wildman–Crippen LogP) is 7.55. The first kappa shape index (κ1) is 49.0. The summed E-state index contributed by atoms with van der Waals surface area (Å²) in [6, 6.07) is 31.2. The maximum atomic E-state index is 15.2. The van der Waals surface area contributed by atoms with Gasteiger partial charge in [-0.2, -0.15) is 4.31 Å². The Balaban J connectivity index is 1.67. The lowest BCUT2D eigenvalue weighted by atomic mass is 9.97. The number of hydrogen-bond donors (Lipinski definition) is 0. The standard InChI is InChI=1S/C47H58N2O13S/c1-46(2,3)61-40(50)28-27-37(44(51)62-47(4,5)6)48(63(54,55)39-26-18-17-25-36(39)49(52)53)29-38-41(57-30-33-19-11-8-12-20-33)42(58-31-34-21-13-9-14-22-34)43(45(56-7)60-38)59-32-35-23-15-10-16-24-35/h8-26,37-38,41-43,45H,27-32H2,1-7H3/t37-,38+,41+,42-,43+,45-/m0/s1. The van der Waals surface area contributed by atoms with Crippen LogP contribution in [-0.4, -0.2) is 91.2 Å². The molecule has 340 valence electrons. The molecule has 0 saturated carbocycles. The van der Waals surface area contributed by atoms with Gasteiger partial charge >= 0.3 is 11.9 Å². The summed E-state index contributed by atoms with van der Waals surface area (Å²) < 4.78 is 75.1. The molecule has 0 radical (unpaired) electrons. The van der Waals surface area contributed by atoms with Gasteiger partial charge in [-0.3, -0.25) is 19.7 Å². The van der Waals surface area contributed by atoms with Crippen molar-refractivity contribution >= 4 is 27.6 Å². The topological polar surface area (TPSA) is 179 Å². The minimum atomic E-state index is -5.02. The van der Waals surface area contributed by atoms with E-state index >= 15 is 8.42 Å². The Morgan fingerprint density at radius 2 is 1.16 bits per heavy atom. The number of nitro groups is 1. The highest BCUT2D eigenvalue weighted by Crippen LogP contribution is 2.35. The van der Waals surface area contributed by atoms with Crippen LogP contribution in [0.25, 0.3) is 0 Å². The van der Waals surface area contributed by atoms with Crippen molar-refractivity contribution in [1.29, 1.82) is 0 Å². The number of ether oxygens (including phenoxy) is 7. The summed E-state index contributed by atoms with van der Waals surface area (Å²) in [6.45, 7) is 9.45. The highest BCUT2D eigenvalue weighted by atomic mass is 32.2. The molecule has 0 unspecified atom stereocenters. The number of esters is 2. The van der Waals surface area contributed by atoms with Gasteiger partial charge in [0.15, 0.2) is 11.2 Å². The summed E-state index contributed by atoms with van der Waals surface area (Å²) in [6.07, 6.45) is -6.40. The van der Waals surface area contributed by atoms with Gasteiger partial charge in [0.2, 0.25) is 0 Å². The van der Waals surface area contributed by atoms with E-state index in [1.165, 1.54) is 19.2 Å². The minimum absolute atomic E-state index is 0.0185. The first-order valence-corrected chi connectivity index (χ1v) is 22.1. The van der Waals surface area contributed by atoms with Crippen LogP contribution in [0.15, 0.2) is 120 Å². The molecule has 0 aliphatic carbocycles. The molecule has 1 fully saturated rings. The van der Waals surface area contributed by atoms with Crippen LogP contribution in [-0.2, 0) is 72.6 Å². The molecule has 0 N–H and O–H groups in total. The maximum absolute atomic E-state index is 15.2. The van der Waals surface area contributed by atoms with E-state index in [1.54, 1.807) is 41.5 Å². The smallest absolute Gasteiger partial charge is 0.324 e. The maximum Gasteiger partial charge on any atom is 0.324 e. The van der Waals surface area contributed by atoms with Crippen LogP contribution in [0.4, 0.5) is 5.69 Å². The lowest BCUT2D eigenvalue weighted by Gasteiger charge is -2.47. The van der Waals surface area contributed by atoms with E-state index < -0.39 is 105 Å². The first-order valence-electron chi connectivity index (χ1n) is 20.7. The van der Waals surface area contributed by atoms with Crippen LogP contribution >= 0.6 is 0 Å². The zero-order valence-corrected chi connectivity index (χ0v) is 37.6. The summed E-state index contributed by atoms with van der Waals surface area (Å²) in [5.74, 6) is -1.71. The molecule has 63 heavy (non-hydrogen) atoms. The van der Waals surface area contributed by atoms with E-state index in [1.807, 2.05) is 91.0 Å². The number of benzene rings is 4. The van der Waals surface area contributed by atoms with Gasteiger partial charge in [-0.1, -0.05) is 103 Å². The number of sulfonamides is 1. The Morgan fingerprint density at radius 3 is 1.63 bits per heavy atom. The minimum Gasteiger partial charge on any atom is -0.460 e. The zero-order valence-electron chi connectivity index (χ0n) is 36.8. The molecule has 15 nitrogen and oxygen atoms in total. The van der Waals surface area contributed by atoms with Crippen molar-refractivity contribution in [3.05, 3.63) is 142 Å². The number of nitrogens with zero attached hydrogens (tertiary/aromatic N) is 2. The molecule has 0 aromatic heterocycles. The SMILES string of the molecule is CO[C@H]1O[C@H](CN([C@@H](CCC(=O)OC(C)(C)C)C(=O)OC(C)(C)C)S(=O)(=O)c2ccccc2[N+](=O)[O-])[C@@H](OCc2ccccc2)[C@H](OCc2ccccc2)[C@H]1OCc1ccccc1. The fourth-order valence-electron chi connectivity index (χ4n) is 7.00. The van der Waals surface area contributed by atoms with Crippen molar-refractivity contribution in [2.45, 2.75) is 127 Å². The molecule has 4 aromatic carbocycles. The lowest BCUT2D eigenvalue weighted by molar-refractivity contribution is -0.387. The van der Waals surface area contributed by atoms with Gasteiger partial charge in [-0.25, -0.2) is 8.42 Å². The third-order valence-corrected chi connectivity index (χ3v) is 11.7. The molecule has 1 heterocycles. The van der Waals surface area contributed by atoms with E-state index in [4.69, 9.17) is 33.2 Å². The van der Waals surface area contributed by atoms with E-state index in [-0.39, 0.29) is 19.8 Å². The summed E-state index contributed by atoms with van der Waals surface area (Å²) >= 11 is 0. The fourth-order valence-corrected chi connectivity index (χ4v) is 8.78. The van der Waals surface area contributed by atoms with Gasteiger partial charge in [-0.05, 0) is 70.7 Å². The van der Waals surface area contributed by atoms with Crippen LogP contribution < -0.4 is 0 Å². The zero-order chi connectivity index (χ0) is 45.8. The van der Waals surface area contributed by atoms with Gasteiger partial charge < -0.3 is 33.2 Å². The average Bonchev–Trinajstić information content (AvgIpc) is 3.23. The Morgan fingerprint density at radius 1 is 0.698 bits per heavy atom. The molecule has 4 aromatic rings. The number of carbonyl (C=O) groups excluding carboxylic acids is 2. The molecule has 1 aliphatic rings. The number of nitro benzene ring substituents is 1. The van der Waals surface area contributed by atoms with Crippen LogP contribution in [0.5, 0.6) is 0 Å². The Kier molecular flexibility index (Phi) is 17.1. The van der Waals surface area contributed by atoms with Crippen LogP contribution in [0.2, 0.25) is 0 Å². The molecule has 0 amide bonds. The van der Waals surface area contributed by atoms with E-state index in [0.29, 0.717) is 0 Å². The van der Waals surface area contributed by atoms with Gasteiger partial charge in [0.05, 0.1) is 24.7 Å². The molecule has 1 aliphatic heterocycles. The molecule has 0 spiro atoms. The molecule has 16 heteroatoms. The monoisotopic (exact) mass is 890 g/mol. The number of para-hydroxylation sites is 1. The summed E-state index contributed by atoms with van der Waals surface area (Å²) in [5.41, 5.74) is -0.277. The molecule has 6 atom stereocenters. The molecule has 0 bridgehead atoms. The summed E-state index contributed by atoms with van der Waals surface area (Å²) in [4.78, 5) is 38.5. The van der Waals surface area contributed by atoms with Gasteiger partial charge in [0.25, 0.3) is 15.7 Å². The third kappa shape index (κ3) is 14.2. The number of rotatable bonds is 20. The van der Waals surface area contributed by atoms with Crippen LogP contribution in [0, 0.1) is 10.1 Å². The van der Waals surface area contributed by atoms with Crippen LogP contribution in [0.3, 0.4) is 0 Å². The second-order valence-corrected chi connectivity index (χ2v) is 18.9. The average molecular weight is 891 g/mol. The van der Waals surface area contributed by atoms with Gasteiger partial charge in [0, 0.05) is 26.1 Å². The van der Waals surface area contributed by atoms with E-state index in [0.717, 1.165) is 33.1 Å². The van der Waals surface area contributed by atoms with Crippen molar-refractivity contribution in [3.8, 4) is 0 Å². The molecule has 1 saturated heterocycles. The van der Waals surface area contributed by atoms with Crippen molar-refractivity contribution in [3.63, 3.8) is 0 Å². The van der Waals surface area contributed by atoms with Crippen molar-refractivity contribution in [2.75, 3.05) is 13.7 Å². The van der Waals surface area contributed by atoms with Crippen molar-refractivity contribution < 1.29 is 56.1 Å². The largest absolute Gasteiger partial charge is 0.460 e. The predicted molar refractivity (Wildman–Crippen MR) is 232 cm³/mol. The summed E-state index contributed by atoms with van der Waals surface area (Å²) in [7, 11) is -3.61. The lowest BCUT2D eigenvalue weighted by Crippen LogP contribution is -2.64. The van der Waals surface area contributed by atoms with E-state index in [2.05, 4.69) is 0 Å². The normalized spacial score (nSPS) is 19.9. The number of hydrogen-bond acceptors (Lipinski definition) is 13. The second-order valence-electron chi connectivity index (χ2n) is 17.0. The first-order chi connectivity index (χ1) is 29.9. The Hall–Kier alpha value is -5.07. The van der Waals surface area contributed by atoms with Gasteiger partial charge in [-0.15, -0.1) is 0 Å². The number of methoxy groups -OCH3 is 1. The second kappa shape index (κ2) is 22.0. The van der Waals surface area contributed by atoms with E-state index in [9.17, 15) is 19.7 Å². The number of carbonyl (C=O) groups is 2. The van der Waals surface area contributed by atoms with Crippen LogP contribution in [0.1, 0.15) is 71.1 Å². The molecular formula is C47H58N2O13S. The third-order valence-electron chi connectivity index (χ3n) is 9.76. The Bertz CT molecular complexity index is 2200. The highest BCUT2D eigenvalue weighted by Gasteiger charge is 2.52. The quantitative estimate of drug-likeness (QED) is 0.0483.